The lowest BCUT2D eigenvalue weighted by molar-refractivity contribution is 0.233. The Kier molecular flexibility index (Phi) is 5.48. The van der Waals surface area contributed by atoms with E-state index in [0.717, 1.165) is 11.1 Å². The molecule has 5 rings (SSSR count). The molecule has 0 saturated heterocycles. The maximum absolute atomic E-state index is 14.3. The first-order valence-corrected chi connectivity index (χ1v) is 12.8. The molecule has 2 aromatic carbocycles. The van der Waals surface area contributed by atoms with Crippen molar-refractivity contribution in [3.05, 3.63) is 64.3 Å². The van der Waals surface area contributed by atoms with Gasteiger partial charge in [0.05, 0.1) is 42.0 Å². The normalized spacial score (nSPS) is 19.7. The summed E-state index contributed by atoms with van der Waals surface area (Å²) in [5.41, 5.74) is 17.2. The molecule has 2 unspecified atom stereocenters. The quantitative estimate of drug-likeness (QED) is 0.504. The van der Waals surface area contributed by atoms with Gasteiger partial charge in [-0.3, -0.25) is 9.40 Å². The van der Waals surface area contributed by atoms with Crippen molar-refractivity contribution in [3.63, 3.8) is 0 Å². The van der Waals surface area contributed by atoms with E-state index in [1.54, 1.807) is 31.2 Å². The molecule has 0 fully saturated rings. The Balaban J connectivity index is 1.62. The lowest BCUT2D eigenvalue weighted by Crippen LogP contribution is -2.57. The number of fused-ring (bicyclic) bond motifs is 2. The fourth-order valence-corrected chi connectivity index (χ4v) is 7.19. The van der Waals surface area contributed by atoms with Crippen LogP contribution in [0.5, 0.6) is 5.75 Å². The Morgan fingerprint density at radius 1 is 1.17 bits per heavy atom. The number of para-hydroxylation sites is 1. The second kappa shape index (κ2) is 8.28. The third-order valence-corrected chi connectivity index (χ3v) is 9.06. The number of nitrogens with zero attached hydrogens (tertiary/aromatic N) is 4. The number of aromatic amines is 1. The van der Waals surface area contributed by atoms with Crippen LogP contribution in [-0.2, 0) is 16.4 Å². The summed E-state index contributed by atoms with van der Waals surface area (Å²) in [5.74, 6) is 1.41. The molecule has 0 aliphatic carbocycles. The molecule has 5 N–H and O–H groups in total. The fraction of sp³-hybridized carbons (Fsp3) is 0.333. The number of ether oxygens (including phenoxy) is 1. The SMILES string of the molecule is COc1cc(C)c(S(=O)(=O)N2CC(N3C(N)=Nc4[nH]ncc4C3N)Cc3ccccc32)c(C)c1C. The lowest BCUT2D eigenvalue weighted by Gasteiger charge is -2.44. The van der Waals surface area contributed by atoms with Gasteiger partial charge in [-0.25, -0.2) is 8.42 Å². The highest BCUT2D eigenvalue weighted by molar-refractivity contribution is 7.93. The van der Waals surface area contributed by atoms with Crippen molar-refractivity contribution in [2.45, 2.75) is 44.3 Å². The number of anilines is 1. The van der Waals surface area contributed by atoms with Crippen LogP contribution in [0.2, 0.25) is 0 Å². The molecule has 2 aliphatic rings. The van der Waals surface area contributed by atoms with Crippen LogP contribution in [0.1, 0.15) is 34.0 Å². The molecule has 3 heterocycles. The number of benzene rings is 2. The van der Waals surface area contributed by atoms with Crippen molar-refractivity contribution in [1.29, 1.82) is 0 Å². The number of aromatic nitrogens is 2. The number of nitrogens with two attached hydrogens (primary N) is 2. The summed E-state index contributed by atoms with van der Waals surface area (Å²) in [7, 11) is -2.35. The number of aryl methyl sites for hydroxylation is 1. The highest BCUT2D eigenvalue weighted by Gasteiger charge is 2.41. The minimum atomic E-state index is -3.93. The number of H-pyrrole nitrogens is 1. The molecule has 184 valence electrons. The van der Waals surface area contributed by atoms with Crippen LogP contribution in [0.25, 0.3) is 0 Å². The molecule has 3 aromatic rings. The average Bonchev–Trinajstić information content (AvgIpc) is 3.29. The van der Waals surface area contributed by atoms with Crippen LogP contribution in [0.15, 0.2) is 46.4 Å². The number of methoxy groups -OCH3 is 1. The van der Waals surface area contributed by atoms with Gasteiger partial charge in [-0.15, -0.1) is 0 Å². The molecular formula is C24H29N7O3S. The fourth-order valence-electron chi connectivity index (χ4n) is 5.16. The van der Waals surface area contributed by atoms with Crippen LogP contribution in [0, 0.1) is 20.8 Å². The first-order valence-electron chi connectivity index (χ1n) is 11.3. The van der Waals surface area contributed by atoms with Crippen LogP contribution in [-0.4, -0.2) is 49.2 Å². The second-order valence-corrected chi connectivity index (χ2v) is 10.8. The van der Waals surface area contributed by atoms with E-state index >= 15 is 0 Å². The van der Waals surface area contributed by atoms with Gasteiger partial charge >= 0.3 is 0 Å². The van der Waals surface area contributed by atoms with Gasteiger partial charge in [-0.1, -0.05) is 18.2 Å². The van der Waals surface area contributed by atoms with Gasteiger partial charge in [0.15, 0.2) is 11.8 Å². The Morgan fingerprint density at radius 2 is 1.91 bits per heavy atom. The highest BCUT2D eigenvalue weighted by atomic mass is 32.2. The van der Waals surface area contributed by atoms with Gasteiger partial charge in [-0.05, 0) is 61.6 Å². The molecule has 0 amide bonds. The Bertz CT molecular complexity index is 1450. The van der Waals surface area contributed by atoms with E-state index in [0.29, 0.717) is 40.4 Å². The summed E-state index contributed by atoms with van der Waals surface area (Å²) in [6.07, 6.45) is 1.59. The zero-order valence-electron chi connectivity index (χ0n) is 20.1. The predicted molar refractivity (Wildman–Crippen MR) is 134 cm³/mol. The number of rotatable bonds is 4. The summed E-state index contributed by atoms with van der Waals surface area (Å²) < 4.78 is 35.4. The standard InChI is InChI=1S/C24H29N7O3S/c1-13-9-20(34-4)14(2)15(3)21(13)35(32,33)30-12-17(10-16-7-5-6-8-19(16)30)31-22(25)18-11-27-29-23(18)28-24(31)26/h5-9,11,17,22H,10,12,25H2,1-4H3,(H3,26,27,28,29). The third-order valence-electron chi connectivity index (χ3n) is 6.99. The molecule has 10 nitrogen and oxygen atoms in total. The Morgan fingerprint density at radius 3 is 2.66 bits per heavy atom. The minimum absolute atomic E-state index is 0.167. The summed E-state index contributed by atoms with van der Waals surface area (Å²) in [4.78, 5) is 6.49. The Labute approximate surface area is 204 Å². The first-order chi connectivity index (χ1) is 16.6. The van der Waals surface area contributed by atoms with Crippen LogP contribution < -0.4 is 20.5 Å². The topological polar surface area (TPSA) is 143 Å². The lowest BCUT2D eigenvalue weighted by atomic mass is 9.97. The number of sulfonamides is 1. The molecule has 0 spiro atoms. The number of aliphatic imine (C=N–C) groups is 1. The minimum Gasteiger partial charge on any atom is -0.496 e. The van der Waals surface area contributed by atoms with Gasteiger partial charge in [0.25, 0.3) is 10.0 Å². The van der Waals surface area contributed by atoms with Crippen LogP contribution >= 0.6 is 0 Å². The summed E-state index contributed by atoms with van der Waals surface area (Å²) >= 11 is 0. The van der Waals surface area contributed by atoms with Gasteiger partial charge in [0, 0.05) is 0 Å². The molecule has 1 aromatic heterocycles. The number of hydrogen-bond acceptors (Lipinski definition) is 8. The number of guanidine groups is 1. The van der Waals surface area contributed by atoms with E-state index < -0.39 is 16.2 Å². The summed E-state index contributed by atoms with van der Waals surface area (Å²) in [5, 5.41) is 6.83. The predicted octanol–water partition coefficient (Wildman–Crippen LogP) is 2.38. The molecule has 0 bridgehead atoms. The summed E-state index contributed by atoms with van der Waals surface area (Å²) in [6, 6.07) is 8.97. The molecule has 0 radical (unpaired) electrons. The van der Waals surface area contributed by atoms with Crippen molar-refractivity contribution in [1.82, 2.24) is 15.1 Å². The van der Waals surface area contributed by atoms with E-state index in [2.05, 4.69) is 15.2 Å². The van der Waals surface area contributed by atoms with Crippen molar-refractivity contribution in [2.24, 2.45) is 16.5 Å². The van der Waals surface area contributed by atoms with Gasteiger partial charge in [0.2, 0.25) is 0 Å². The van der Waals surface area contributed by atoms with Crippen LogP contribution in [0.4, 0.5) is 11.5 Å². The van der Waals surface area contributed by atoms with Crippen molar-refractivity contribution in [2.75, 3.05) is 18.0 Å². The Hall–Kier alpha value is -3.57. The molecule has 2 aliphatic heterocycles. The molecule has 11 heteroatoms. The maximum Gasteiger partial charge on any atom is 0.264 e. The first kappa shape index (κ1) is 23.2. The average molecular weight is 496 g/mol. The monoisotopic (exact) mass is 495 g/mol. The van der Waals surface area contributed by atoms with Gasteiger partial charge in [0.1, 0.15) is 11.9 Å². The number of hydrogen-bond donors (Lipinski definition) is 3. The molecular weight excluding hydrogens is 466 g/mol. The van der Waals surface area contributed by atoms with E-state index in [4.69, 9.17) is 16.2 Å². The van der Waals surface area contributed by atoms with Crippen LogP contribution in [0.3, 0.4) is 0 Å². The molecule has 35 heavy (non-hydrogen) atoms. The third kappa shape index (κ3) is 3.53. The molecule has 2 atom stereocenters. The smallest absolute Gasteiger partial charge is 0.264 e. The zero-order valence-corrected chi connectivity index (χ0v) is 20.9. The molecule has 0 saturated carbocycles. The highest BCUT2D eigenvalue weighted by Crippen LogP contribution is 2.39. The second-order valence-electron chi connectivity index (χ2n) is 8.99. The maximum atomic E-state index is 14.3. The van der Waals surface area contributed by atoms with Crippen molar-refractivity contribution < 1.29 is 13.2 Å². The van der Waals surface area contributed by atoms with Gasteiger partial charge < -0.3 is 21.1 Å². The van der Waals surface area contributed by atoms with E-state index in [1.807, 2.05) is 38.1 Å². The van der Waals surface area contributed by atoms with Crippen molar-refractivity contribution >= 4 is 27.5 Å². The van der Waals surface area contributed by atoms with E-state index in [-0.39, 0.29) is 23.4 Å². The zero-order chi connectivity index (χ0) is 25.1. The van der Waals surface area contributed by atoms with E-state index in [9.17, 15) is 8.42 Å². The number of nitrogens with one attached hydrogen (secondary N) is 1. The van der Waals surface area contributed by atoms with E-state index in [1.165, 1.54) is 4.31 Å². The van der Waals surface area contributed by atoms with Gasteiger partial charge in [-0.2, -0.15) is 10.1 Å². The van der Waals surface area contributed by atoms with Crippen molar-refractivity contribution in [3.8, 4) is 5.75 Å². The summed E-state index contributed by atoms with van der Waals surface area (Å²) in [6.45, 7) is 5.64. The largest absolute Gasteiger partial charge is 0.496 e.